The number of anilines is 1. The Morgan fingerprint density at radius 2 is 1.71 bits per heavy atom. The minimum atomic E-state index is -0.299. The fourth-order valence-corrected chi connectivity index (χ4v) is 3.27. The molecular formula is C21H28N4O3. The van der Waals surface area contributed by atoms with Crippen LogP contribution < -0.4 is 15.5 Å². The molecule has 0 atom stereocenters. The zero-order valence-corrected chi connectivity index (χ0v) is 16.1. The van der Waals surface area contributed by atoms with Gasteiger partial charge < -0.3 is 20.0 Å². The fraction of sp³-hybridized carbons (Fsp3) is 0.429. The maximum atomic E-state index is 11.9. The molecular weight excluding hydrogens is 356 g/mol. The van der Waals surface area contributed by atoms with E-state index in [0.29, 0.717) is 13.1 Å². The lowest BCUT2D eigenvalue weighted by Gasteiger charge is -2.36. The molecule has 150 valence electrons. The lowest BCUT2D eigenvalue weighted by atomic mass is 10.2. The minimum Gasteiger partial charge on any atom is -0.459 e. The van der Waals surface area contributed by atoms with E-state index in [4.69, 9.17) is 4.42 Å². The topological polar surface area (TPSA) is 77.8 Å². The summed E-state index contributed by atoms with van der Waals surface area (Å²) in [4.78, 5) is 28.4. The molecule has 0 aliphatic carbocycles. The summed E-state index contributed by atoms with van der Waals surface area (Å²) in [6, 6.07) is 13.8. The number of rotatable bonds is 9. The molecule has 0 bridgehead atoms. The van der Waals surface area contributed by atoms with Gasteiger partial charge in [0.1, 0.15) is 0 Å². The van der Waals surface area contributed by atoms with Gasteiger partial charge in [-0.2, -0.15) is 0 Å². The second-order valence-electron chi connectivity index (χ2n) is 6.85. The van der Waals surface area contributed by atoms with Crippen LogP contribution in [-0.4, -0.2) is 62.5 Å². The first-order chi connectivity index (χ1) is 13.7. The van der Waals surface area contributed by atoms with Gasteiger partial charge in [-0.05, 0) is 37.2 Å². The van der Waals surface area contributed by atoms with Gasteiger partial charge in [0.15, 0.2) is 5.76 Å². The number of hydrogen-bond acceptors (Lipinski definition) is 5. The number of nitrogens with zero attached hydrogens (tertiary/aromatic N) is 2. The predicted molar refractivity (Wildman–Crippen MR) is 108 cm³/mol. The quantitative estimate of drug-likeness (QED) is 0.644. The summed E-state index contributed by atoms with van der Waals surface area (Å²) >= 11 is 0. The van der Waals surface area contributed by atoms with Crippen molar-refractivity contribution in [3.8, 4) is 0 Å². The SMILES string of the molecule is O=C(CCNC(=O)c1ccco1)NCCCN1CCN(c2ccccc2)CC1. The lowest BCUT2D eigenvalue weighted by molar-refractivity contribution is -0.120. The van der Waals surface area contributed by atoms with Crippen LogP contribution in [0, 0.1) is 0 Å². The Hall–Kier alpha value is -2.80. The van der Waals surface area contributed by atoms with E-state index in [0.717, 1.165) is 39.1 Å². The van der Waals surface area contributed by atoms with Crippen molar-refractivity contribution in [3.63, 3.8) is 0 Å². The molecule has 2 amide bonds. The molecule has 28 heavy (non-hydrogen) atoms. The largest absolute Gasteiger partial charge is 0.459 e. The third kappa shape index (κ3) is 6.13. The van der Waals surface area contributed by atoms with Crippen LogP contribution in [0.15, 0.2) is 53.1 Å². The summed E-state index contributed by atoms with van der Waals surface area (Å²) in [7, 11) is 0. The van der Waals surface area contributed by atoms with Crippen molar-refractivity contribution in [1.29, 1.82) is 0 Å². The number of furan rings is 1. The summed E-state index contributed by atoms with van der Waals surface area (Å²) in [5.41, 5.74) is 1.29. The molecule has 1 aromatic heterocycles. The zero-order chi connectivity index (χ0) is 19.6. The van der Waals surface area contributed by atoms with Crippen LogP contribution in [0.4, 0.5) is 5.69 Å². The van der Waals surface area contributed by atoms with Crippen LogP contribution in [0.25, 0.3) is 0 Å². The van der Waals surface area contributed by atoms with Gasteiger partial charge in [-0.15, -0.1) is 0 Å². The van der Waals surface area contributed by atoms with Crippen LogP contribution in [-0.2, 0) is 4.79 Å². The molecule has 7 heteroatoms. The maximum Gasteiger partial charge on any atom is 0.286 e. The second-order valence-corrected chi connectivity index (χ2v) is 6.85. The molecule has 2 aromatic rings. The Morgan fingerprint density at radius 3 is 2.43 bits per heavy atom. The number of amides is 2. The van der Waals surface area contributed by atoms with Crippen LogP contribution in [0.3, 0.4) is 0 Å². The van der Waals surface area contributed by atoms with Crippen molar-refractivity contribution < 1.29 is 14.0 Å². The van der Waals surface area contributed by atoms with E-state index < -0.39 is 0 Å². The van der Waals surface area contributed by atoms with Gasteiger partial charge in [-0.1, -0.05) is 18.2 Å². The Labute approximate surface area is 165 Å². The van der Waals surface area contributed by atoms with Gasteiger partial charge in [-0.3, -0.25) is 14.5 Å². The summed E-state index contributed by atoms with van der Waals surface area (Å²) in [6.45, 7) is 6.09. The monoisotopic (exact) mass is 384 g/mol. The third-order valence-corrected chi connectivity index (χ3v) is 4.85. The number of benzene rings is 1. The Bertz CT molecular complexity index is 725. The van der Waals surface area contributed by atoms with Gasteiger partial charge in [0, 0.05) is 51.4 Å². The number of para-hydroxylation sites is 1. The van der Waals surface area contributed by atoms with Crippen molar-refractivity contribution in [2.45, 2.75) is 12.8 Å². The summed E-state index contributed by atoms with van der Waals surface area (Å²) in [6.07, 6.45) is 2.64. The maximum absolute atomic E-state index is 11.9. The van der Waals surface area contributed by atoms with E-state index in [9.17, 15) is 9.59 Å². The smallest absolute Gasteiger partial charge is 0.286 e. The number of piperazine rings is 1. The average molecular weight is 384 g/mol. The molecule has 1 aromatic carbocycles. The number of carbonyl (C=O) groups excluding carboxylic acids is 2. The first-order valence-corrected chi connectivity index (χ1v) is 9.83. The van der Waals surface area contributed by atoms with Crippen LogP contribution in [0.1, 0.15) is 23.4 Å². The van der Waals surface area contributed by atoms with Crippen molar-refractivity contribution in [2.75, 3.05) is 50.7 Å². The molecule has 3 rings (SSSR count). The number of nitrogens with one attached hydrogen (secondary N) is 2. The number of hydrogen-bond donors (Lipinski definition) is 2. The van der Waals surface area contributed by atoms with Gasteiger partial charge in [0.25, 0.3) is 5.91 Å². The molecule has 0 spiro atoms. The molecule has 1 fully saturated rings. The van der Waals surface area contributed by atoms with Gasteiger partial charge in [0.2, 0.25) is 5.91 Å². The molecule has 7 nitrogen and oxygen atoms in total. The standard InChI is InChI=1S/C21H28N4O3/c26-20(9-11-23-21(27)19-8-4-17-28-19)22-10-5-12-24-13-15-25(16-14-24)18-6-2-1-3-7-18/h1-4,6-8,17H,5,9-16H2,(H,22,26)(H,23,27). The van der Waals surface area contributed by atoms with E-state index in [1.165, 1.54) is 12.0 Å². The van der Waals surface area contributed by atoms with E-state index in [2.05, 4.69) is 44.7 Å². The average Bonchev–Trinajstić information content (AvgIpc) is 3.27. The highest BCUT2D eigenvalue weighted by molar-refractivity contribution is 5.91. The minimum absolute atomic E-state index is 0.0476. The Balaban J connectivity index is 1.22. The molecule has 0 radical (unpaired) electrons. The molecule has 1 aliphatic rings. The van der Waals surface area contributed by atoms with Crippen molar-refractivity contribution in [2.24, 2.45) is 0 Å². The highest BCUT2D eigenvalue weighted by Gasteiger charge is 2.16. The number of carbonyl (C=O) groups is 2. The third-order valence-electron chi connectivity index (χ3n) is 4.85. The molecule has 1 aliphatic heterocycles. The van der Waals surface area contributed by atoms with Gasteiger partial charge in [-0.25, -0.2) is 0 Å². The van der Waals surface area contributed by atoms with Crippen molar-refractivity contribution in [1.82, 2.24) is 15.5 Å². The van der Waals surface area contributed by atoms with Crippen LogP contribution in [0.5, 0.6) is 0 Å². The van der Waals surface area contributed by atoms with E-state index in [1.807, 2.05) is 6.07 Å². The zero-order valence-electron chi connectivity index (χ0n) is 16.1. The highest BCUT2D eigenvalue weighted by atomic mass is 16.3. The predicted octanol–water partition coefficient (Wildman–Crippen LogP) is 1.73. The molecule has 2 N–H and O–H groups in total. The van der Waals surface area contributed by atoms with Gasteiger partial charge >= 0.3 is 0 Å². The summed E-state index contributed by atoms with van der Waals surface area (Å²) in [5, 5.41) is 5.58. The molecule has 2 heterocycles. The Kier molecular flexibility index (Phi) is 7.49. The summed E-state index contributed by atoms with van der Waals surface area (Å²) in [5.74, 6) is -0.0890. The van der Waals surface area contributed by atoms with E-state index in [1.54, 1.807) is 12.1 Å². The molecule has 0 saturated carbocycles. The normalized spacial score (nSPS) is 14.6. The van der Waals surface area contributed by atoms with Crippen molar-refractivity contribution in [3.05, 3.63) is 54.5 Å². The van der Waals surface area contributed by atoms with Crippen LogP contribution >= 0.6 is 0 Å². The first-order valence-electron chi connectivity index (χ1n) is 9.83. The van der Waals surface area contributed by atoms with Crippen LogP contribution in [0.2, 0.25) is 0 Å². The van der Waals surface area contributed by atoms with E-state index in [-0.39, 0.29) is 24.0 Å². The van der Waals surface area contributed by atoms with Gasteiger partial charge in [0.05, 0.1) is 6.26 Å². The first kappa shape index (κ1) is 19.9. The Morgan fingerprint density at radius 1 is 0.929 bits per heavy atom. The molecule has 1 saturated heterocycles. The highest BCUT2D eigenvalue weighted by Crippen LogP contribution is 2.15. The lowest BCUT2D eigenvalue weighted by Crippen LogP contribution is -2.47. The van der Waals surface area contributed by atoms with Crippen molar-refractivity contribution >= 4 is 17.5 Å². The second kappa shape index (κ2) is 10.5. The summed E-state index contributed by atoms with van der Waals surface area (Å²) < 4.78 is 5.00. The molecule has 0 unspecified atom stereocenters. The van der Waals surface area contributed by atoms with E-state index >= 15 is 0 Å². The fourth-order valence-electron chi connectivity index (χ4n) is 3.27.